The van der Waals surface area contributed by atoms with Gasteiger partial charge in [-0.05, 0) is 44.2 Å². The lowest BCUT2D eigenvalue weighted by atomic mass is 9.77. The number of ether oxygens (including phenoxy) is 1. The highest BCUT2D eigenvalue weighted by Crippen LogP contribution is 2.39. The molecule has 0 radical (unpaired) electrons. The Morgan fingerprint density at radius 1 is 1.32 bits per heavy atom. The molecule has 1 aromatic heterocycles. The summed E-state index contributed by atoms with van der Waals surface area (Å²) in [6, 6.07) is 5.57. The molecule has 1 saturated heterocycles. The zero-order valence-corrected chi connectivity index (χ0v) is 15.8. The zero-order valence-electron chi connectivity index (χ0n) is 15.0. The summed E-state index contributed by atoms with van der Waals surface area (Å²) < 4.78 is 35.2. The van der Waals surface area contributed by atoms with Crippen molar-refractivity contribution in [2.45, 2.75) is 50.3 Å². The van der Waals surface area contributed by atoms with E-state index in [9.17, 15) is 13.6 Å². The van der Waals surface area contributed by atoms with Gasteiger partial charge in [-0.1, -0.05) is 17.3 Å². The molecule has 1 saturated carbocycles. The Morgan fingerprint density at radius 2 is 2.07 bits per heavy atom. The molecule has 1 atom stereocenters. The maximum Gasteiger partial charge on any atom is 0.387 e. The number of nitrogens with zero attached hydrogens (tertiary/aromatic N) is 3. The molecule has 1 amide bonds. The molecule has 7 nitrogen and oxygen atoms in total. The molecule has 10 heteroatoms. The number of hydrogen-bond acceptors (Lipinski definition) is 6. The first-order valence-corrected chi connectivity index (χ1v) is 8.96. The predicted octanol–water partition coefficient (Wildman–Crippen LogP) is 3.41. The average molecular weight is 415 g/mol. The van der Waals surface area contributed by atoms with Crippen molar-refractivity contribution in [2.24, 2.45) is 5.73 Å². The van der Waals surface area contributed by atoms with Crippen molar-refractivity contribution in [3.63, 3.8) is 0 Å². The Labute approximate surface area is 166 Å². The van der Waals surface area contributed by atoms with Gasteiger partial charge in [0.25, 0.3) is 5.91 Å². The van der Waals surface area contributed by atoms with E-state index in [0.29, 0.717) is 24.7 Å². The van der Waals surface area contributed by atoms with Gasteiger partial charge in [0, 0.05) is 6.54 Å². The van der Waals surface area contributed by atoms with E-state index in [2.05, 4.69) is 14.9 Å². The van der Waals surface area contributed by atoms with Crippen LogP contribution in [-0.2, 0) is 5.54 Å². The third kappa shape index (κ3) is 3.68. The van der Waals surface area contributed by atoms with Crippen LogP contribution in [0.15, 0.2) is 28.8 Å². The van der Waals surface area contributed by atoms with E-state index in [0.717, 1.165) is 25.7 Å². The number of amides is 1. The highest BCUT2D eigenvalue weighted by molar-refractivity contribution is 5.97. The first kappa shape index (κ1) is 20.5. The molecule has 152 valence electrons. The summed E-state index contributed by atoms with van der Waals surface area (Å²) in [5, 5.41) is 4.01. The van der Waals surface area contributed by atoms with Gasteiger partial charge in [-0.25, -0.2) is 0 Å². The molecule has 2 heterocycles. The third-order valence-corrected chi connectivity index (χ3v) is 5.27. The van der Waals surface area contributed by atoms with Gasteiger partial charge in [-0.3, -0.25) is 4.79 Å². The summed E-state index contributed by atoms with van der Waals surface area (Å²) in [4.78, 5) is 19.0. The molecule has 28 heavy (non-hydrogen) atoms. The molecule has 2 N–H and O–H groups in total. The minimum atomic E-state index is -3.00. The Morgan fingerprint density at radius 3 is 2.75 bits per heavy atom. The van der Waals surface area contributed by atoms with Crippen LogP contribution in [0, 0.1) is 0 Å². The summed E-state index contributed by atoms with van der Waals surface area (Å²) >= 11 is 0. The Bertz CT molecular complexity index is 844. The van der Waals surface area contributed by atoms with Crippen molar-refractivity contribution in [3.8, 4) is 5.75 Å². The fourth-order valence-corrected chi connectivity index (χ4v) is 3.62. The highest BCUT2D eigenvalue weighted by Gasteiger charge is 2.41. The second-order valence-corrected chi connectivity index (χ2v) is 7.00. The van der Waals surface area contributed by atoms with Crippen molar-refractivity contribution in [3.05, 3.63) is 41.5 Å². The quantitative estimate of drug-likeness (QED) is 0.805. The lowest BCUT2D eigenvalue weighted by Crippen LogP contribution is -2.44. The lowest BCUT2D eigenvalue weighted by molar-refractivity contribution is -0.0503. The topological polar surface area (TPSA) is 94.5 Å². The maximum absolute atomic E-state index is 13.0. The number of alkyl halides is 2. The van der Waals surface area contributed by atoms with Crippen LogP contribution >= 0.6 is 12.4 Å². The third-order valence-electron chi connectivity index (χ3n) is 5.27. The number of benzene rings is 1. The number of hydrogen-bond donors (Lipinski definition) is 1. The maximum atomic E-state index is 13.0. The molecule has 2 fully saturated rings. The Kier molecular flexibility index (Phi) is 5.85. The molecule has 4 rings (SSSR count). The van der Waals surface area contributed by atoms with Crippen LogP contribution in [0.1, 0.15) is 60.2 Å². The average Bonchev–Trinajstić information content (AvgIpc) is 3.28. The van der Waals surface area contributed by atoms with Crippen molar-refractivity contribution in [2.75, 3.05) is 6.54 Å². The number of nitrogens with two attached hydrogens (primary N) is 1. The Hall–Kier alpha value is -2.26. The molecule has 1 aliphatic carbocycles. The van der Waals surface area contributed by atoms with Crippen LogP contribution < -0.4 is 10.5 Å². The van der Waals surface area contributed by atoms with Crippen LogP contribution in [0.5, 0.6) is 5.75 Å². The SMILES string of the molecule is Cl.NC1(c2noc(C3CCCN3C(=O)c3ccccc3OC(F)F)n2)CCC1. The summed E-state index contributed by atoms with van der Waals surface area (Å²) in [6.07, 6.45) is 4.03. The van der Waals surface area contributed by atoms with Gasteiger partial charge in [-0.2, -0.15) is 13.8 Å². The van der Waals surface area contributed by atoms with Crippen LogP contribution in [0.2, 0.25) is 0 Å². The van der Waals surface area contributed by atoms with Crippen molar-refractivity contribution in [1.29, 1.82) is 0 Å². The van der Waals surface area contributed by atoms with Crippen LogP contribution in [-0.4, -0.2) is 34.1 Å². The number of rotatable bonds is 5. The van der Waals surface area contributed by atoms with Crippen LogP contribution in [0.4, 0.5) is 8.78 Å². The predicted molar refractivity (Wildman–Crippen MR) is 97.3 cm³/mol. The number of carbonyl (C=O) groups excluding carboxylic acids is 1. The number of halogens is 3. The van der Waals surface area contributed by atoms with E-state index in [4.69, 9.17) is 10.3 Å². The number of carbonyl (C=O) groups is 1. The van der Waals surface area contributed by atoms with Crippen molar-refractivity contribution >= 4 is 18.3 Å². The molecule has 1 unspecified atom stereocenters. The van der Waals surface area contributed by atoms with E-state index in [1.807, 2.05) is 0 Å². The van der Waals surface area contributed by atoms with Crippen molar-refractivity contribution < 1.29 is 22.8 Å². The first-order chi connectivity index (χ1) is 13.0. The van der Waals surface area contributed by atoms with Crippen LogP contribution in [0.3, 0.4) is 0 Å². The van der Waals surface area contributed by atoms with E-state index in [1.54, 1.807) is 17.0 Å². The molecular weight excluding hydrogens is 394 g/mol. The smallest absolute Gasteiger partial charge is 0.387 e. The number of aromatic nitrogens is 2. The monoisotopic (exact) mass is 414 g/mol. The molecular formula is C18H21ClF2N4O3. The molecule has 0 spiro atoms. The van der Waals surface area contributed by atoms with Gasteiger partial charge in [0.15, 0.2) is 5.82 Å². The molecule has 2 aromatic rings. The van der Waals surface area contributed by atoms with Gasteiger partial charge in [0.05, 0.1) is 11.1 Å². The fourth-order valence-electron chi connectivity index (χ4n) is 3.62. The second-order valence-electron chi connectivity index (χ2n) is 7.00. The fraction of sp³-hybridized carbons (Fsp3) is 0.500. The first-order valence-electron chi connectivity index (χ1n) is 8.96. The van der Waals surface area contributed by atoms with E-state index < -0.39 is 24.1 Å². The standard InChI is InChI=1S/C18H20F2N4O3.ClH/c19-17(20)26-13-7-2-1-5-11(13)15(25)24-10-3-6-12(24)14-22-16(23-27-14)18(21)8-4-9-18;/h1-2,5,7,12,17H,3-4,6,8-10,21H2;1H. The summed E-state index contributed by atoms with van der Waals surface area (Å²) in [7, 11) is 0. The number of para-hydroxylation sites is 1. The minimum absolute atomic E-state index is 0. The summed E-state index contributed by atoms with van der Waals surface area (Å²) in [6.45, 7) is -2.53. The van der Waals surface area contributed by atoms with Gasteiger partial charge in [-0.15, -0.1) is 12.4 Å². The molecule has 1 aliphatic heterocycles. The summed E-state index contributed by atoms with van der Waals surface area (Å²) in [5.41, 5.74) is 5.77. The minimum Gasteiger partial charge on any atom is -0.434 e. The van der Waals surface area contributed by atoms with Gasteiger partial charge in [0.2, 0.25) is 5.89 Å². The summed E-state index contributed by atoms with van der Waals surface area (Å²) in [5.74, 6) is 0.244. The molecule has 0 bridgehead atoms. The normalized spacial score (nSPS) is 20.6. The highest BCUT2D eigenvalue weighted by atomic mass is 35.5. The van der Waals surface area contributed by atoms with Crippen molar-refractivity contribution in [1.82, 2.24) is 15.0 Å². The Balaban J connectivity index is 0.00000225. The molecule has 2 aliphatic rings. The number of likely N-dealkylation sites (tertiary alicyclic amines) is 1. The largest absolute Gasteiger partial charge is 0.434 e. The van der Waals surface area contributed by atoms with Gasteiger partial charge < -0.3 is 19.9 Å². The van der Waals surface area contributed by atoms with E-state index >= 15 is 0 Å². The second kappa shape index (κ2) is 8.00. The van der Waals surface area contributed by atoms with Crippen LogP contribution in [0.25, 0.3) is 0 Å². The lowest BCUT2D eigenvalue weighted by Gasteiger charge is -2.34. The van der Waals surface area contributed by atoms with E-state index in [1.165, 1.54) is 12.1 Å². The zero-order chi connectivity index (χ0) is 19.0. The van der Waals surface area contributed by atoms with Gasteiger partial charge >= 0.3 is 6.61 Å². The molecule has 1 aromatic carbocycles. The van der Waals surface area contributed by atoms with Gasteiger partial charge in [0.1, 0.15) is 11.8 Å². The van der Waals surface area contributed by atoms with E-state index in [-0.39, 0.29) is 23.7 Å².